The Morgan fingerprint density at radius 3 is 2.46 bits per heavy atom. The number of nitrogens with one attached hydrogen (secondary N) is 1. The Bertz CT molecular complexity index is 1390. The van der Waals surface area contributed by atoms with Crippen LogP contribution in [0.1, 0.15) is 44.6 Å². The van der Waals surface area contributed by atoms with Crippen molar-refractivity contribution >= 4 is 34.0 Å². The number of nitrogens with zero attached hydrogens (tertiary/aromatic N) is 3. The molecule has 1 N–H and O–H groups in total. The Morgan fingerprint density at radius 1 is 1.09 bits per heavy atom. The van der Waals surface area contributed by atoms with Crippen LogP contribution in [-0.2, 0) is 34.0 Å². The zero-order valence-corrected chi connectivity index (χ0v) is 20.2. The highest BCUT2D eigenvalue weighted by Crippen LogP contribution is 2.25. The molecule has 4 aromatic rings. The smallest absolute Gasteiger partial charge is 0.407 e. The molecule has 0 unspecified atom stereocenters. The van der Waals surface area contributed by atoms with Gasteiger partial charge in [-0.1, -0.05) is 36.4 Å². The van der Waals surface area contributed by atoms with Crippen molar-refractivity contribution in [3.63, 3.8) is 0 Å². The Labute approximate surface area is 202 Å². The van der Waals surface area contributed by atoms with Crippen LogP contribution in [0, 0.1) is 5.21 Å². The Morgan fingerprint density at radius 2 is 1.77 bits per heavy atom. The lowest BCUT2D eigenvalue weighted by Gasteiger charge is -2.19. The van der Waals surface area contributed by atoms with Crippen molar-refractivity contribution in [1.82, 2.24) is 14.9 Å². The molecule has 9 nitrogen and oxygen atoms in total. The highest BCUT2D eigenvalue weighted by atomic mass is 16.6. The summed E-state index contributed by atoms with van der Waals surface area (Å²) < 4.78 is 13.3. The molecule has 0 aliphatic heterocycles. The average molecular weight is 477 g/mol. The van der Waals surface area contributed by atoms with Crippen LogP contribution in [0.15, 0.2) is 54.7 Å². The van der Waals surface area contributed by atoms with E-state index in [9.17, 15) is 14.8 Å². The van der Waals surface area contributed by atoms with Crippen LogP contribution in [0.25, 0.3) is 21.9 Å². The maximum Gasteiger partial charge on any atom is 0.407 e. The van der Waals surface area contributed by atoms with Crippen LogP contribution in [0.5, 0.6) is 0 Å². The van der Waals surface area contributed by atoms with E-state index in [1.165, 1.54) is 13.1 Å². The highest BCUT2D eigenvalue weighted by Gasteiger charge is 2.20. The molecular weight excluding hydrogens is 448 g/mol. The number of hydrogen-bond donors (Lipinski definition) is 1. The number of carbonyl (C=O) groups is 2. The SMILES string of the molecule is CC(=O)OCc1nc2c[n+]([O-])c3ccccc3c2n1Cc1ccc(CNC(=O)OC(C)(C)C)cc1. The molecule has 0 saturated heterocycles. The largest absolute Gasteiger partial charge is 0.618 e. The fraction of sp³-hybridized carbons (Fsp3) is 0.308. The first-order valence-electron chi connectivity index (χ1n) is 11.3. The molecule has 0 atom stereocenters. The van der Waals surface area contributed by atoms with E-state index in [0.29, 0.717) is 29.9 Å². The number of rotatable bonds is 6. The van der Waals surface area contributed by atoms with Crippen molar-refractivity contribution in [3.8, 4) is 0 Å². The molecule has 0 aliphatic rings. The number of amides is 1. The molecule has 0 spiro atoms. The van der Waals surface area contributed by atoms with Crippen LogP contribution in [-0.4, -0.2) is 27.2 Å². The van der Waals surface area contributed by atoms with E-state index in [-0.39, 0.29) is 6.61 Å². The Hall–Kier alpha value is -4.14. The fourth-order valence-electron chi connectivity index (χ4n) is 3.82. The Balaban J connectivity index is 1.62. The highest BCUT2D eigenvalue weighted by molar-refractivity contribution is 6.00. The fourth-order valence-corrected chi connectivity index (χ4v) is 3.82. The number of pyridine rings is 1. The predicted octanol–water partition coefficient (Wildman–Crippen LogP) is 3.96. The lowest BCUT2D eigenvalue weighted by atomic mass is 10.1. The van der Waals surface area contributed by atoms with E-state index in [0.717, 1.165) is 26.8 Å². The molecule has 182 valence electrons. The van der Waals surface area contributed by atoms with Gasteiger partial charge in [0.1, 0.15) is 18.0 Å². The normalized spacial score (nSPS) is 11.5. The molecule has 0 radical (unpaired) electrons. The summed E-state index contributed by atoms with van der Waals surface area (Å²) in [6, 6.07) is 15.1. The number of para-hydroxylation sites is 1. The average Bonchev–Trinajstić information content (AvgIpc) is 3.13. The van der Waals surface area contributed by atoms with Gasteiger partial charge < -0.3 is 24.6 Å². The molecule has 0 saturated carbocycles. The minimum atomic E-state index is -0.555. The zero-order chi connectivity index (χ0) is 25.2. The number of esters is 1. The van der Waals surface area contributed by atoms with Gasteiger partial charge in [0.15, 0.2) is 5.52 Å². The van der Waals surface area contributed by atoms with Gasteiger partial charge in [-0.3, -0.25) is 4.79 Å². The molecule has 2 aromatic carbocycles. The van der Waals surface area contributed by atoms with Crippen LogP contribution in [0.3, 0.4) is 0 Å². The van der Waals surface area contributed by atoms with Crippen molar-refractivity contribution in [2.45, 2.75) is 53.0 Å². The molecule has 2 aromatic heterocycles. The van der Waals surface area contributed by atoms with E-state index in [2.05, 4.69) is 10.3 Å². The summed E-state index contributed by atoms with van der Waals surface area (Å²) in [5.74, 6) is 0.136. The summed E-state index contributed by atoms with van der Waals surface area (Å²) in [5.41, 5.74) is 3.21. The lowest BCUT2D eigenvalue weighted by Crippen LogP contribution is -2.32. The molecular formula is C26H28N4O5. The topological polar surface area (TPSA) is 109 Å². The summed E-state index contributed by atoms with van der Waals surface area (Å²) in [6.45, 7) is 7.59. The first-order chi connectivity index (χ1) is 16.6. The molecule has 0 aliphatic carbocycles. The number of carbonyl (C=O) groups excluding carboxylic acids is 2. The van der Waals surface area contributed by atoms with Gasteiger partial charge in [-0.25, -0.2) is 9.78 Å². The molecule has 0 fully saturated rings. The van der Waals surface area contributed by atoms with Crippen LogP contribution in [0.4, 0.5) is 4.79 Å². The monoisotopic (exact) mass is 476 g/mol. The first kappa shape index (κ1) is 24.0. The maximum absolute atomic E-state index is 12.5. The van der Waals surface area contributed by atoms with Crippen LogP contribution >= 0.6 is 0 Å². The van der Waals surface area contributed by atoms with Crippen LogP contribution < -0.4 is 10.0 Å². The van der Waals surface area contributed by atoms with Gasteiger partial charge >= 0.3 is 12.1 Å². The van der Waals surface area contributed by atoms with Crippen molar-refractivity contribution in [2.24, 2.45) is 0 Å². The number of imidazole rings is 1. The van der Waals surface area contributed by atoms with E-state index < -0.39 is 17.7 Å². The Kier molecular flexibility index (Phi) is 6.59. The van der Waals surface area contributed by atoms with Gasteiger partial charge in [0.05, 0.1) is 10.9 Å². The molecule has 0 bridgehead atoms. The van der Waals surface area contributed by atoms with Crippen molar-refractivity contribution in [1.29, 1.82) is 0 Å². The minimum Gasteiger partial charge on any atom is -0.618 e. The van der Waals surface area contributed by atoms with Crippen molar-refractivity contribution in [2.75, 3.05) is 0 Å². The second kappa shape index (κ2) is 9.61. The summed E-state index contributed by atoms with van der Waals surface area (Å²) in [5, 5.41) is 16.0. The van der Waals surface area contributed by atoms with E-state index in [4.69, 9.17) is 9.47 Å². The molecule has 35 heavy (non-hydrogen) atoms. The summed E-state index contributed by atoms with van der Waals surface area (Å²) in [7, 11) is 0. The van der Waals surface area contributed by atoms with E-state index in [1.54, 1.807) is 6.07 Å². The third-order valence-corrected chi connectivity index (χ3v) is 5.31. The number of aromatic nitrogens is 3. The van der Waals surface area contributed by atoms with E-state index >= 15 is 0 Å². The third-order valence-electron chi connectivity index (χ3n) is 5.31. The number of fused-ring (bicyclic) bond motifs is 3. The quantitative estimate of drug-likeness (QED) is 0.256. The van der Waals surface area contributed by atoms with Gasteiger partial charge in [0.2, 0.25) is 11.7 Å². The zero-order valence-electron chi connectivity index (χ0n) is 20.2. The predicted molar refractivity (Wildman–Crippen MR) is 130 cm³/mol. The number of ether oxygens (including phenoxy) is 2. The number of hydrogen-bond acceptors (Lipinski definition) is 6. The number of alkyl carbamates (subject to hydrolysis) is 1. The molecule has 9 heteroatoms. The van der Waals surface area contributed by atoms with Crippen molar-refractivity contribution in [3.05, 3.63) is 76.9 Å². The standard InChI is InChI=1S/C26H28N4O5/c1-17(31)34-16-23-28-21-15-30(33)22-8-6-5-7-20(22)24(21)29(23)14-19-11-9-18(10-12-19)13-27-25(32)35-26(2,3)4/h5-12,15H,13-14,16H2,1-4H3,(H,27,32). The van der Waals surface area contributed by atoms with Crippen molar-refractivity contribution < 1.29 is 23.8 Å². The minimum absolute atomic E-state index is 0.00487. The van der Waals surface area contributed by atoms with E-state index in [1.807, 2.05) is 67.8 Å². The lowest BCUT2D eigenvalue weighted by molar-refractivity contribution is -0.575. The molecule has 2 heterocycles. The molecule has 4 rings (SSSR count). The van der Waals surface area contributed by atoms with Gasteiger partial charge in [-0.05, 0) is 38.0 Å². The first-order valence-corrected chi connectivity index (χ1v) is 11.3. The maximum atomic E-state index is 12.5. The van der Waals surface area contributed by atoms with Gasteiger partial charge in [0.25, 0.3) is 0 Å². The number of benzene rings is 2. The second-order valence-electron chi connectivity index (χ2n) is 9.27. The van der Waals surface area contributed by atoms with Gasteiger partial charge in [-0.15, -0.1) is 0 Å². The van der Waals surface area contributed by atoms with Crippen LogP contribution in [0.2, 0.25) is 0 Å². The van der Waals surface area contributed by atoms with Gasteiger partial charge in [-0.2, -0.15) is 4.73 Å². The summed E-state index contributed by atoms with van der Waals surface area (Å²) in [4.78, 5) is 27.9. The third kappa shape index (κ3) is 5.68. The summed E-state index contributed by atoms with van der Waals surface area (Å²) in [6.07, 6.45) is 0.973. The summed E-state index contributed by atoms with van der Waals surface area (Å²) >= 11 is 0. The van der Waals surface area contributed by atoms with Gasteiger partial charge in [0, 0.05) is 26.1 Å². The second-order valence-corrected chi connectivity index (χ2v) is 9.27. The molecule has 1 amide bonds.